The summed E-state index contributed by atoms with van der Waals surface area (Å²) >= 11 is 5.99. The molecule has 0 N–H and O–H groups in total. The van der Waals surface area contributed by atoms with E-state index >= 15 is 0 Å². The Morgan fingerprint density at radius 3 is 2.61 bits per heavy atom. The zero-order chi connectivity index (χ0) is 19.5. The van der Waals surface area contributed by atoms with E-state index in [9.17, 15) is 9.59 Å². The number of amides is 2. The highest BCUT2D eigenvalue weighted by Crippen LogP contribution is 2.24. The van der Waals surface area contributed by atoms with E-state index in [4.69, 9.17) is 16.1 Å². The summed E-state index contributed by atoms with van der Waals surface area (Å²) in [5.74, 6) is 0.148. The number of carbonyl (C=O) groups is 2. The first kappa shape index (κ1) is 18.1. The van der Waals surface area contributed by atoms with Crippen molar-refractivity contribution in [3.63, 3.8) is 0 Å². The Bertz CT molecular complexity index is 980. The highest BCUT2D eigenvalue weighted by atomic mass is 35.5. The molecular weight excluding hydrogens is 386 g/mol. The lowest BCUT2D eigenvalue weighted by Gasteiger charge is -2.34. The van der Waals surface area contributed by atoms with Crippen LogP contribution in [0.15, 0.2) is 41.2 Å². The fourth-order valence-corrected chi connectivity index (χ4v) is 3.16. The first-order valence-corrected chi connectivity index (χ1v) is 8.98. The topological polar surface area (TPSA) is 110 Å². The van der Waals surface area contributed by atoms with Crippen molar-refractivity contribution in [3.8, 4) is 11.3 Å². The first-order chi connectivity index (χ1) is 13.6. The molecule has 1 aromatic carbocycles. The third-order valence-electron chi connectivity index (χ3n) is 4.45. The quantitative estimate of drug-likeness (QED) is 0.640. The van der Waals surface area contributed by atoms with Crippen LogP contribution in [0.2, 0.25) is 5.02 Å². The fourth-order valence-electron chi connectivity index (χ4n) is 2.97. The first-order valence-electron chi connectivity index (χ1n) is 8.60. The average Bonchev–Trinajstić information content (AvgIpc) is 3.40. The van der Waals surface area contributed by atoms with Crippen molar-refractivity contribution >= 4 is 23.4 Å². The monoisotopic (exact) mass is 401 g/mol. The summed E-state index contributed by atoms with van der Waals surface area (Å²) in [6, 6.07) is 8.73. The average molecular weight is 402 g/mol. The van der Waals surface area contributed by atoms with Gasteiger partial charge in [-0.2, -0.15) is 0 Å². The molecule has 0 spiro atoms. The van der Waals surface area contributed by atoms with Gasteiger partial charge in [-0.25, -0.2) is 4.68 Å². The molecule has 144 valence electrons. The number of aromatic nitrogens is 5. The van der Waals surface area contributed by atoms with E-state index in [0.717, 1.165) is 5.56 Å². The smallest absolute Gasteiger partial charge is 0.276 e. The molecule has 1 aliphatic heterocycles. The number of rotatable bonds is 4. The van der Waals surface area contributed by atoms with Gasteiger partial charge in [0.1, 0.15) is 12.9 Å². The lowest BCUT2D eigenvalue weighted by molar-refractivity contribution is -0.133. The zero-order valence-electron chi connectivity index (χ0n) is 14.7. The number of benzene rings is 1. The van der Waals surface area contributed by atoms with Crippen LogP contribution in [0.5, 0.6) is 0 Å². The van der Waals surface area contributed by atoms with Crippen molar-refractivity contribution in [2.75, 3.05) is 26.2 Å². The predicted molar refractivity (Wildman–Crippen MR) is 97.2 cm³/mol. The van der Waals surface area contributed by atoms with Gasteiger partial charge in [-0.1, -0.05) is 28.9 Å². The van der Waals surface area contributed by atoms with Gasteiger partial charge in [-0.15, -0.1) is 5.10 Å². The Balaban J connectivity index is 1.36. The lowest BCUT2D eigenvalue weighted by atomic mass is 10.1. The van der Waals surface area contributed by atoms with Crippen LogP contribution in [0.1, 0.15) is 10.5 Å². The van der Waals surface area contributed by atoms with E-state index in [1.807, 2.05) is 6.07 Å². The number of tetrazole rings is 1. The maximum absolute atomic E-state index is 12.7. The molecular formula is C17H16ClN7O3. The minimum Gasteiger partial charge on any atom is -0.355 e. The Morgan fingerprint density at radius 1 is 1.11 bits per heavy atom. The van der Waals surface area contributed by atoms with E-state index in [-0.39, 0.29) is 24.1 Å². The summed E-state index contributed by atoms with van der Waals surface area (Å²) < 4.78 is 6.66. The minimum atomic E-state index is -0.232. The second-order valence-corrected chi connectivity index (χ2v) is 6.70. The van der Waals surface area contributed by atoms with E-state index in [0.29, 0.717) is 37.0 Å². The lowest BCUT2D eigenvalue weighted by Crippen LogP contribution is -2.51. The Kier molecular flexibility index (Phi) is 5.02. The number of piperazine rings is 1. The molecule has 4 rings (SSSR count). The molecule has 0 saturated carbocycles. The van der Waals surface area contributed by atoms with Gasteiger partial charge in [-0.3, -0.25) is 9.59 Å². The van der Waals surface area contributed by atoms with E-state index in [2.05, 4.69) is 20.7 Å². The third-order valence-corrected chi connectivity index (χ3v) is 4.68. The largest absolute Gasteiger partial charge is 0.355 e. The second kappa shape index (κ2) is 7.77. The molecule has 0 unspecified atom stereocenters. The molecule has 0 aliphatic carbocycles. The molecule has 0 bridgehead atoms. The molecule has 3 aromatic rings. The molecule has 1 aliphatic rings. The molecule has 2 aromatic heterocycles. The Morgan fingerprint density at radius 2 is 1.89 bits per heavy atom. The van der Waals surface area contributed by atoms with Crippen LogP contribution in [0.25, 0.3) is 11.3 Å². The summed E-state index contributed by atoms with van der Waals surface area (Å²) in [6.07, 6.45) is 1.39. The van der Waals surface area contributed by atoms with Crippen molar-refractivity contribution in [2.24, 2.45) is 0 Å². The van der Waals surface area contributed by atoms with Crippen molar-refractivity contribution in [1.82, 2.24) is 35.2 Å². The molecule has 0 radical (unpaired) electrons. The Labute approximate surface area is 164 Å². The summed E-state index contributed by atoms with van der Waals surface area (Å²) in [5, 5.41) is 15.1. The predicted octanol–water partition coefficient (Wildman–Crippen LogP) is 0.966. The summed E-state index contributed by atoms with van der Waals surface area (Å²) in [5.41, 5.74) is 0.973. The van der Waals surface area contributed by atoms with Crippen LogP contribution >= 0.6 is 11.6 Å². The molecule has 1 fully saturated rings. The Hall–Kier alpha value is -3.27. The van der Waals surface area contributed by atoms with Crippen LogP contribution in [0.4, 0.5) is 0 Å². The molecule has 10 nitrogen and oxygen atoms in total. The van der Waals surface area contributed by atoms with Gasteiger partial charge in [0, 0.05) is 42.8 Å². The molecule has 2 amide bonds. The van der Waals surface area contributed by atoms with Gasteiger partial charge in [0.15, 0.2) is 11.5 Å². The summed E-state index contributed by atoms with van der Waals surface area (Å²) in [4.78, 5) is 28.3. The van der Waals surface area contributed by atoms with Crippen molar-refractivity contribution in [1.29, 1.82) is 0 Å². The van der Waals surface area contributed by atoms with Crippen LogP contribution < -0.4 is 0 Å². The van der Waals surface area contributed by atoms with Crippen molar-refractivity contribution in [2.45, 2.75) is 6.54 Å². The minimum absolute atomic E-state index is 0.0766. The SMILES string of the molecule is O=C(Cn1cnnn1)N1CCN(C(=O)c2cc(-c3cccc(Cl)c3)on2)CC1. The number of carbonyl (C=O) groups excluding carboxylic acids is 2. The van der Waals surface area contributed by atoms with Gasteiger partial charge in [0.25, 0.3) is 5.91 Å². The van der Waals surface area contributed by atoms with E-state index in [1.54, 1.807) is 34.1 Å². The standard InChI is InChI=1S/C17H16ClN7O3/c18-13-3-1-2-12(8-13)15-9-14(20-28-15)17(27)24-6-4-23(5-7-24)16(26)10-25-11-19-21-22-25/h1-3,8-9,11H,4-7,10H2. The van der Waals surface area contributed by atoms with Crippen LogP contribution in [-0.2, 0) is 11.3 Å². The van der Waals surface area contributed by atoms with E-state index < -0.39 is 0 Å². The van der Waals surface area contributed by atoms with Crippen molar-refractivity contribution in [3.05, 3.63) is 47.4 Å². The highest BCUT2D eigenvalue weighted by Gasteiger charge is 2.27. The number of hydrogen-bond donors (Lipinski definition) is 0. The molecule has 28 heavy (non-hydrogen) atoms. The number of hydrogen-bond acceptors (Lipinski definition) is 7. The van der Waals surface area contributed by atoms with Crippen molar-refractivity contribution < 1.29 is 14.1 Å². The molecule has 11 heteroatoms. The van der Waals surface area contributed by atoms with Gasteiger partial charge in [0.2, 0.25) is 5.91 Å². The van der Waals surface area contributed by atoms with Gasteiger partial charge < -0.3 is 14.3 Å². The molecule has 1 saturated heterocycles. The van der Waals surface area contributed by atoms with Gasteiger partial charge >= 0.3 is 0 Å². The maximum atomic E-state index is 12.7. The number of halogens is 1. The molecule has 0 atom stereocenters. The summed E-state index contributed by atoms with van der Waals surface area (Å²) in [7, 11) is 0. The summed E-state index contributed by atoms with van der Waals surface area (Å²) in [6.45, 7) is 1.78. The van der Waals surface area contributed by atoms with Gasteiger partial charge in [-0.05, 0) is 22.6 Å². The maximum Gasteiger partial charge on any atom is 0.276 e. The zero-order valence-corrected chi connectivity index (χ0v) is 15.5. The fraction of sp³-hybridized carbons (Fsp3) is 0.294. The molecule has 3 heterocycles. The highest BCUT2D eigenvalue weighted by molar-refractivity contribution is 6.30. The normalized spacial score (nSPS) is 14.3. The van der Waals surface area contributed by atoms with Crippen LogP contribution in [0.3, 0.4) is 0 Å². The second-order valence-electron chi connectivity index (χ2n) is 6.27. The van der Waals surface area contributed by atoms with Crippen LogP contribution in [-0.4, -0.2) is 73.2 Å². The van der Waals surface area contributed by atoms with Gasteiger partial charge in [0.05, 0.1) is 0 Å². The van der Waals surface area contributed by atoms with Crippen LogP contribution in [0, 0.1) is 0 Å². The number of nitrogens with zero attached hydrogens (tertiary/aromatic N) is 7. The van der Waals surface area contributed by atoms with E-state index in [1.165, 1.54) is 11.0 Å². The third kappa shape index (κ3) is 3.86.